The third-order valence-electron chi connectivity index (χ3n) is 7.48. The Hall–Kier alpha value is -3.54. The Morgan fingerprint density at radius 1 is 0.500 bits per heavy atom. The average molecular weight is 603 g/mol. The van der Waals surface area contributed by atoms with Crippen LogP contribution in [0.4, 0.5) is 11.4 Å². The molecule has 0 atom stereocenters. The molecule has 0 heterocycles. The van der Waals surface area contributed by atoms with Gasteiger partial charge in [-0.05, 0) is 73.9 Å². The summed E-state index contributed by atoms with van der Waals surface area (Å²) in [6, 6.07) is 14.9. The van der Waals surface area contributed by atoms with Crippen molar-refractivity contribution in [1.29, 1.82) is 0 Å². The van der Waals surface area contributed by atoms with Crippen LogP contribution in [0.25, 0.3) is 0 Å². The fourth-order valence-electron chi connectivity index (χ4n) is 4.83. The van der Waals surface area contributed by atoms with Crippen LogP contribution in [0, 0.1) is 0 Å². The molecule has 0 N–H and O–H groups in total. The van der Waals surface area contributed by atoms with E-state index in [4.69, 9.17) is 9.47 Å². The number of ether oxygens (including phenoxy) is 2. The van der Waals surface area contributed by atoms with Gasteiger partial charge in [0, 0.05) is 0 Å². The van der Waals surface area contributed by atoms with Gasteiger partial charge >= 0.3 is 11.9 Å². The van der Waals surface area contributed by atoms with Crippen molar-refractivity contribution in [3.05, 3.63) is 85.0 Å². The van der Waals surface area contributed by atoms with Crippen LogP contribution in [0.15, 0.2) is 84.1 Å². The van der Waals surface area contributed by atoms with E-state index in [9.17, 15) is 9.59 Å². The summed E-state index contributed by atoms with van der Waals surface area (Å²) < 4.78 is 10.8. The van der Waals surface area contributed by atoms with Gasteiger partial charge in [-0.15, -0.1) is 13.2 Å². The van der Waals surface area contributed by atoms with Crippen molar-refractivity contribution < 1.29 is 19.1 Å². The molecule has 2 aromatic carbocycles. The summed E-state index contributed by atoms with van der Waals surface area (Å²) in [7, 11) is 0. The van der Waals surface area contributed by atoms with Gasteiger partial charge in [-0.3, -0.25) is 9.59 Å². The fourth-order valence-corrected chi connectivity index (χ4v) is 4.83. The van der Waals surface area contributed by atoms with Crippen LogP contribution in [0.3, 0.4) is 0 Å². The van der Waals surface area contributed by atoms with Gasteiger partial charge in [0.25, 0.3) is 0 Å². The first-order valence-electron chi connectivity index (χ1n) is 16.7. The first-order chi connectivity index (χ1) is 21.6. The second-order valence-electron chi connectivity index (χ2n) is 11.4. The van der Waals surface area contributed by atoms with E-state index < -0.39 is 0 Å². The van der Waals surface area contributed by atoms with E-state index >= 15 is 0 Å². The van der Waals surface area contributed by atoms with Crippen LogP contribution in [-0.4, -0.2) is 25.2 Å². The van der Waals surface area contributed by atoms with Crippen LogP contribution < -0.4 is 0 Å². The summed E-state index contributed by atoms with van der Waals surface area (Å²) in [5, 5.41) is 8.58. The minimum atomic E-state index is -0.200. The molecule has 0 amide bonds. The van der Waals surface area contributed by atoms with E-state index in [0.29, 0.717) is 24.6 Å². The minimum Gasteiger partial charge on any atom is -0.465 e. The van der Waals surface area contributed by atoms with E-state index in [2.05, 4.69) is 23.4 Å². The second-order valence-corrected chi connectivity index (χ2v) is 11.4. The molecule has 0 aliphatic rings. The molecule has 0 saturated heterocycles. The van der Waals surface area contributed by atoms with Crippen molar-refractivity contribution >= 4 is 23.3 Å². The van der Waals surface area contributed by atoms with E-state index in [-0.39, 0.29) is 24.8 Å². The molecular formula is C38H54N2O4. The molecule has 0 aliphatic heterocycles. The molecule has 2 aromatic rings. The Morgan fingerprint density at radius 2 is 0.818 bits per heavy atom. The topological polar surface area (TPSA) is 77.3 Å². The highest BCUT2D eigenvalue weighted by molar-refractivity contribution is 5.73. The SMILES string of the molecule is C=CCCCCCCCCCOC(=O)Cc1ccc(N=Nc2ccc(CC(=O)OCCCCCCCCCC=C)cc2)cc1. The lowest BCUT2D eigenvalue weighted by Crippen LogP contribution is -2.09. The van der Waals surface area contributed by atoms with Gasteiger partial charge in [0.1, 0.15) is 0 Å². The standard InChI is InChI=1S/C38H54N2O4/c1-3-5-7-9-11-13-15-17-19-29-43-37(41)31-33-21-25-35(26-22-33)39-40-36-27-23-34(24-28-36)32-38(42)44-30-20-18-16-14-12-10-8-6-4-2/h3-4,21-28H,1-2,5-20,29-32H2. The van der Waals surface area contributed by atoms with Gasteiger partial charge in [-0.25, -0.2) is 0 Å². The summed E-state index contributed by atoms with van der Waals surface area (Å²) in [6.45, 7) is 8.48. The number of allylic oxidation sites excluding steroid dienone is 2. The Bertz CT molecular complexity index is 1010. The molecule has 44 heavy (non-hydrogen) atoms. The monoisotopic (exact) mass is 602 g/mol. The number of nitrogens with zero attached hydrogens (tertiary/aromatic N) is 2. The van der Waals surface area contributed by atoms with Crippen LogP contribution in [0.2, 0.25) is 0 Å². The number of unbranched alkanes of at least 4 members (excludes halogenated alkanes) is 14. The molecule has 240 valence electrons. The van der Waals surface area contributed by atoms with Crippen LogP contribution in [0.1, 0.15) is 114 Å². The van der Waals surface area contributed by atoms with Crippen molar-refractivity contribution in [3.8, 4) is 0 Å². The fraction of sp³-hybridized carbons (Fsp3) is 0.526. The molecule has 2 rings (SSSR count). The summed E-state index contributed by atoms with van der Waals surface area (Å²) in [5.74, 6) is -0.400. The Balaban J connectivity index is 1.57. The number of benzene rings is 2. The minimum absolute atomic E-state index is 0.200. The van der Waals surface area contributed by atoms with E-state index in [1.54, 1.807) is 0 Å². The van der Waals surface area contributed by atoms with Gasteiger partial charge in [0.2, 0.25) is 0 Å². The molecule has 0 fully saturated rings. The zero-order chi connectivity index (χ0) is 31.5. The third kappa shape index (κ3) is 18.9. The predicted molar refractivity (Wildman–Crippen MR) is 181 cm³/mol. The largest absolute Gasteiger partial charge is 0.465 e. The zero-order valence-electron chi connectivity index (χ0n) is 26.9. The van der Waals surface area contributed by atoms with Crippen molar-refractivity contribution in [3.63, 3.8) is 0 Å². The maximum atomic E-state index is 12.2. The molecule has 6 heteroatoms. The first-order valence-corrected chi connectivity index (χ1v) is 16.7. The number of carbonyl (C=O) groups excluding carboxylic acids is 2. The average Bonchev–Trinajstić information content (AvgIpc) is 3.03. The summed E-state index contributed by atoms with van der Waals surface area (Å²) in [6.07, 6.45) is 23.1. The van der Waals surface area contributed by atoms with Crippen LogP contribution in [-0.2, 0) is 31.9 Å². The van der Waals surface area contributed by atoms with Crippen molar-refractivity contribution in [2.75, 3.05) is 13.2 Å². The normalized spacial score (nSPS) is 11.0. The summed E-state index contributed by atoms with van der Waals surface area (Å²) in [4.78, 5) is 24.3. The quantitative estimate of drug-likeness (QED) is 0.0464. The maximum absolute atomic E-state index is 12.2. The van der Waals surface area contributed by atoms with E-state index in [1.807, 2.05) is 60.7 Å². The lowest BCUT2D eigenvalue weighted by molar-refractivity contribution is -0.143. The van der Waals surface area contributed by atoms with Crippen molar-refractivity contribution in [2.24, 2.45) is 10.2 Å². The smallest absolute Gasteiger partial charge is 0.310 e. The van der Waals surface area contributed by atoms with Gasteiger partial charge in [-0.1, -0.05) is 101 Å². The van der Waals surface area contributed by atoms with Crippen LogP contribution in [0.5, 0.6) is 0 Å². The van der Waals surface area contributed by atoms with Gasteiger partial charge in [0.15, 0.2) is 0 Å². The molecular weight excluding hydrogens is 548 g/mol. The lowest BCUT2D eigenvalue weighted by Gasteiger charge is -2.06. The van der Waals surface area contributed by atoms with Crippen molar-refractivity contribution in [2.45, 2.75) is 116 Å². The number of esters is 2. The second kappa shape index (κ2) is 24.9. The highest BCUT2D eigenvalue weighted by Gasteiger charge is 2.06. The van der Waals surface area contributed by atoms with Crippen LogP contribution >= 0.6 is 0 Å². The van der Waals surface area contributed by atoms with E-state index in [1.165, 1.54) is 64.2 Å². The predicted octanol–water partition coefficient (Wildman–Crippen LogP) is 10.9. The van der Waals surface area contributed by atoms with E-state index in [0.717, 1.165) is 49.7 Å². The highest BCUT2D eigenvalue weighted by atomic mass is 16.5. The number of hydrogen-bond donors (Lipinski definition) is 0. The van der Waals surface area contributed by atoms with Gasteiger partial charge in [0.05, 0.1) is 37.4 Å². The Labute approximate surface area is 266 Å². The third-order valence-corrected chi connectivity index (χ3v) is 7.48. The Kier molecular flexibility index (Phi) is 20.7. The lowest BCUT2D eigenvalue weighted by atomic mass is 10.1. The Morgan fingerprint density at radius 3 is 1.16 bits per heavy atom. The maximum Gasteiger partial charge on any atom is 0.310 e. The first kappa shape index (κ1) is 36.7. The molecule has 0 saturated carbocycles. The molecule has 0 aromatic heterocycles. The molecule has 0 unspecified atom stereocenters. The highest BCUT2D eigenvalue weighted by Crippen LogP contribution is 2.20. The van der Waals surface area contributed by atoms with Gasteiger partial charge in [-0.2, -0.15) is 10.2 Å². The molecule has 6 nitrogen and oxygen atoms in total. The summed E-state index contributed by atoms with van der Waals surface area (Å²) >= 11 is 0. The summed E-state index contributed by atoms with van der Waals surface area (Å²) in [5.41, 5.74) is 3.18. The molecule has 0 bridgehead atoms. The molecule has 0 aliphatic carbocycles. The van der Waals surface area contributed by atoms with Crippen molar-refractivity contribution in [1.82, 2.24) is 0 Å². The number of carbonyl (C=O) groups is 2. The zero-order valence-corrected chi connectivity index (χ0v) is 26.9. The number of azo groups is 1. The number of hydrogen-bond acceptors (Lipinski definition) is 6. The van der Waals surface area contributed by atoms with Gasteiger partial charge < -0.3 is 9.47 Å². The molecule has 0 spiro atoms. The molecule has 0 radical (unpaired) electrons. The number of rotatable bonds is 26.